The first-order valence-electron chi connectivity index (χ1n) is 8.21. The van der Waals surface area contributed by atoms with Crippen molar-refractivity contribution in [3.8, 4) is 0 Å². The van der Waals surface area contributed by atoms with Gasteiger partial charge in [0.2, 0.25) is 10.0 Å². The van der Waals surface area contributed by atoms with E-state index in [-0.39, 0.29) is 10.8 Å². The summed E-state index contributed by atoms with van der Waals surface area (Å²) >= 11 is 1.43. The molecule has 0 fully saturated rings. The SMILES string of the molecule is CCc1nc(NC(=O)c2ccc(S(=O)(=O)N(CC)CC)cc2)sc1C. The molecule has 0 aliphatic carbocycles. The van der Waals surface area contributed by atoms with Crippen LogP contribution in [-0.4, -0.2) is 36.7 Å². The zero-order valence-corrected chi connectivity index (χ0v) is 16.5. The van der Waals surface area contributed by atoms with Gasteiger partial charge < -0.3 is 0 Å². The summed E-state index contributed by atoms with van der Waals surface area (Å²) in [5, 5.41) is 3.32. The minimum absolute atomic E-state index is 0.186. The quantitative estimate of drug-likeness (QED) is 0.798. The Morgan fingerprint density at radius 1 is 1.16 bits per heavy atom. The number of aryl methyl sites for hydroxylation is 2. The molecule has 0 bridgehead atoms. The molecule has 1 aromatic carbocycles. The zero-order valence-electron chi connectivity index (χ0n) is 14.9. The van der Waals surface area contributed by atoms with Crippen LogP contribution in [0.3, 0.4) is 0 Å². The second-order valence-corrected chi connectivity index (χ2v) is 8.58. The molecule has 136 valence electrons. The molecule has 2 aromatic rings. The number of amides is 1. The number of carbonyl (C=O) groups excluding carboxylic acids is 1. The minimum atomic E-state index is -3.52. The predicted octanol–water partition coefficient (Wildman–Crippen LogP) is 3.30. The summed E-state index contributed by atoms with van der Waals surface area (Å²) in [6.45, 7) is 8.39. The van der Waals surface area contributed by atoms with Gasteiger partial charge in [0.05, 0.1) is 10.6 Å². The van der Waals surface area contributed by atoms with Crippen molar-refractivity contribution >= 4 is 32.4 Å². The van der Waals surface area contributed by atoms with E-state index in [0.29, 0.717) is 23.8 Å². The molecule has 1 aromatic heterocycles. The normalized spacial score (nSPS) is 11.7. The van der Waals surface area contributed by atoms with Gasteiger partial charge in [-0.3, -0.25) is 10.1 Å². The summed E-state index contributed by atoms with van der Waals surface area (Å²) in [5.74, 6) is -0.303. The minimum Gasteiger partial charge on any atom is -0.298 e. The lowest BCUT2D eigenvalue weighted by Crippen LogP contribution is -2.30. The first-order chi connectivity index (χ1) is 11.8. The molecule has 8 heteroatoms. The highest BCUT2D eigenvalue weighted by Crippen LogP contribution is 2.23. The number of nitrogens with zero attached hydrogens (tertiary/aromatic N) is 2. The number of carbonyl (C=O) groups is 1. The van der Waals surface area contributed by atoms with Crippen molar-refractivity contribution in [2.24, 2.45) is 0 Å². The Bertz CT molecular complexity index is 839. The van der Waals surface area contributed by atoms with Crippen LogP contribution >= 0.6 is 11.3 Å². The van der Waals surface area contributed by atoms with Crippen molar-refractivity contribution in [1.82, 2.24) is 9.29 Å². The predicted molar refractivity (Wildman–Crippen MR) is 101 cm³/mol. The van der Waals surface area contributed by atoms with Crippen LogP contribution in [-0.2, 0) is 16.4 Å². The third kappa shape index (κ3) is 4.26. The van der Waals surface area contributed by atoms with E-state index in [0.717, 1.165) is 17.0 Å². The number of aromatic nitrogens is 1. The molecule has 0 unspecified atom stereocenters. The molecular formula is C17H23N3O3S2. The second-order valence-electron chi connectivity index (χ2n) is 5.44. The van der Waals surface area contributed by atoms with E-state index in [4.69, 9.17) is 0 Å². The van der Waals surface area contributed by atoms with Crippen molar-refractivity contribution in [1.29, 1.82) is 0 Å². The van der Waals surface area contributed by atoms with Gasteiger partial charge in [0.25, 0.3) is 5.91 Å². The maximum absolute atomic E-state index is 12.5. The largest absolute Gasteiger partial charge is 0.298 e. The summed E-state index contributed by atoms with van der Waals surface area (Å²) in [6.07, 6.45) is 0.816. The molecular weight excluding hydrogens is 358 g/mol. The van der Waals surface area contributed by atoms with E-state index in [1.54, 1.807) is 13.8 Å². The van der Waals surface area contributed by atoms with Crippen molar-refractivity contribution in [3.05, 3.63) is 40.4 Å². The van der Waals surface area contributed by atoms with Crippen molar-refractivity contribution in [2.45, 2.75) is 39.0 Å². The van der Waals surface area contributed by atoms with Crippen LogP contribution in [0.1, 0.15) is 41.7 Å². The highest BCUT2D eigenvalue weighted by molar-refractivity contribution is 7.89. The summed E-state index contributed by atoms with van der Waals surface area (Å²) in [5.41, 5.74) is 1.37. The fraction of sp³-hybridized carbons (Fsp3) is 0.412. The lowest BCUT2D eigenvalue weighted by Gasteiger charge is -2.18. The molecule has 6 nitrogen and oxygen atoms in total. The Morgan fingerprint density at radius 3 is 2.24 bits per heavy atom. The van der Waals surface area contributed by atoms with Crippen LogP contribution < -0.4 is 5.32 Å². The number of thiazole rings is 1. The van der Waals surface area contributed by atoms with Gasteiger partial charge in [0.1, 0.15) is 0 Å². The topological polar surface area (TPSA) is 79.4 Å². The fourth-order valence-electron chi connectivity index (χ4n) is 2.47. The zero-order chi connectivity index (χ0) is 18.6. The summed E-state index contributed by atoms with van der Waals surface area (Å²) in [4.78, 5) is 18.0. The van der Waals surface area contributed by atoms with E-state index in [2.05, 4.69) is 10.3 Å². The molecule has 0 radical (unpaired) electrons. The van der Waals surface area contributed by atoms with Gasteiger partial charge in [-0.15, -0.1) is 11.3 Å². The standard InChI is InChI=1S/C17H23N3O3S2/c1-5-15-12(4)24-17(18-15)19-16(21)13-8-10-14(11-9-13)25(22,23)20(6-2)7-3/h8-11H,5-7H2,1-4H3,(H,18,19,21). The van der Waals surface area contributed by atoms with Crippen LogP contribution in [0.25, 0.3) is 0 Å². The third-order valence-electron chi connectivity index (χ3n) is 3.91. The number of nitrogens with one attached hydrogen (secondary N) is 1. The van der Waals surface area contributed by atoms with Gasteiger partial charge in [0, 0.05) is 23.5 Å². The van der Waals surface area contributed by atoms with Crippen LogP contribution in [0.5, 0.6) is 0 Å². The number of rotatable bonds is 7. The monoisotopic (exact) mass is 381 g/mol. The molecule has 0 aliphatic rings. The molecule has 1 amide bonds. The van der Waals surface area contributed by atoms with Gasteiger partial charge in [0.15, 0.2) is 5.13 Å². The Morgan fingerprint density at radius 2 is 1.76 bits per heavy atom. The average molecular weight is 382 g/mol. The van der Waals surface area contributed by atoms with Gasteiger partial charge in [-0.25, -0.2) is 13.4 Å². The lowest BCUT2D eigenvalue weighted by molar-refractivity contribution is 0.102. The molecule has 25 heavy (non-hydrogen) atoms. The third-order valence-corrected chi connectivity index (χ3v) is 6.90. The van der Waals surface area contributed by atoms with Crippen LogP contribution in [0, 0.1) is 6.92 Å². The maximum Gasteiger partial charge on any atom is 0.257 e. The molecule has 0 atom stereocenters. The number of hydrogen-bond acceptors (Lipinski definition) is 5. The Hall–Kier alpha value is -1.77. The highest BCUT2D eigenvalue weighted by atomic mass is 32.2. The smallest absolute Gasteiger partial charge is 0.257 e. The van der Waals surface area contributed by atoms with E-state index < -0.39 is 10.0 Å². The molecule has 0 spiro atoms. The fourth-order valence-corrected chi connectivity index (χ4v) is 4.83. The highest BCUT2D eigenvalue weighted by Gasteiger charge is 2.21. The molecule has 1 N–H and O–H groups in total. The summed E-state index contributed by atoms with van der Waals surface area (Å²) in [6, 6.07) is 5.97. The lowest BCUT2D eigenvalue weighted by atomic mass is 10.2. The van der Waals surface area contributed by atoms with E-state index in [9.17, 15) is 13.2 Å². The molecule has 0 saturated carbocycles. The first kappa shape index (κ1) is 19.6. The molecule has 0 saturated heterocycles. The molecule has 2 rings (SSSR count). The average Bonchev–Trinajstić information content (AvgIpc) is 2.95. The Labute approximate surface area is 153 Å². The van der Waals surface area contributed by atoms with Gasteiger partial charge in [-0.05, 0) is 37.6 Å². The molecule has 0 aliphatic heterocycles. The van der Waals surface area contributed by atoms with Crippen LogP contribution in [0.15, 0.2) is 29.2 Å². The van der Waals surface area contributed by atoms with Gasteiger partial charge in [-0.2, -0.15) is 4.31 Å². The van der Waals surface area contributed by atoms with Crippen LogP contribution in [0.4, 0.5) is 5.13 Å². The van der Waals surface area contributed by atoms with Gasteiger partial charge >= 0.3 is 0 Å². The summed E-state index contributed by atoms with van der Waals surface area (Å²) < 4.78 is 26.3. The number of sulfonamides is 1. The van der Waals surface area contributed by atoms with Crippen LogP contribution in [0.2, 0.25) is 0 Å². The van der Waals surface area contributed by atoms with Crippen molar-refractivity contribution < 1.29 is 13.2 Å². The van der Waals surface area contributed by atoms with Gasteiger partial charge in [-0.1, -0.05) is 20.8 Å². The van der Waals surface area contributed by atoms with E-state index in [1.807, 2.05) is 13.8 Å². The molecule has 1 heterocycles. The van der Waals surface area contributed by atoms with Crippen molar-refractivity contribution in [2.75, 3.05) is 18.4 Å². The first-order valence-corrected chi connectivity index (χ1v) is 10.5. The summed E-state index contributed by atoms with van der Waals surface area (Å²) in [7, 11) is -3.52. The second kappa shape index (κ2) is 8.07. The van der Waals surface area contributed by atoms with E-state index >= 15 is 0 Å². The number of anilines is 1. The number of hydrogen-bond donors (Lipinski definition) is 1. The maximum atomic E-state index is 12.5. The Kier molecular flexibility index (Phi) is 6.31. The van der Waals surface area contributed by atoms with Crippen molar-refractivity contribution in [3.63, 3.8) is 0 Å². The van der Waals surface area contributed by atoms with E-state index in [1.165, 1.54) is 39.9 Å². The Balaban J connectivity index is 2.17. The number of benzene rings is 1.